The molecule has 0 aromatic heterocycles. The molecule has 1 aromatic rings. The van der Waals surface area contributed by atoms with Gasteiger partial charge in [0.25, 0.3) is 0 Å². The van der Waals surface area contributed by atoms with Crippen LogP contribution in [0, 0.1) is 0 Å². The molecule has 0 N–H and O–H groups in total. The Balaban J connectivity index is 1.74. The summed E-state index contributed by atoms with van der Waals surface area (Å²) in [6.07, 6.45) is 4.05. The van der Waals surface area contributed by atoms with Crippen LogP contribution in [0.15, 0.2) is 22.7 Å². The van der Waals surface area contributed by atoms with Crippen molar-refractivity contribution in [3.8, 4) is 0 Å². The molecule has 0 unspecified atom stereocenters. The van der Waals surface area contributed by atoms with Crippen LogP contribution in [0.2, 0.25) is 0 Å². The van der Waals surface area contributed by atoms with Crippen LogP contribution >= 0.6 is 15.9 Å². The highest BCUT2D eigenvalue weighted by Gasteiger charge is 2.19. The van der Waals surface area contributed by atoms with Gasteiger partial charge in [0.1, 0.15) is 0 Å². The van der Waals surface area contributed by atoms with Crippen LogP contribution in [-0.2, 0) is 6.54 Å². The van der Waals surface area contributed by atoms with Gasteiger partial charge < -0.3 is 9.80 Å². The van der Waals surface area contributed by atoms with E-state index in [0.29, 0.717) is 0 Å². The average molecular weight is 352 g/mol. The number of rotatable bonds is 3. The Bertz CT molecular complexity index is 463. The maximum Gasteiger partial charge on any atom is 0.0423 e. The summed E-state index contributed by atoms with van der Waals surface area (Å²) in [6, 6.07) is 6.82. The fourth-order valence-electron chi connectivity index (χ4n) is 3.35. The Hall–Kier alpha value is -0.580. The fourth-order valence-corrected chi connectivity index (χ4v) is 3.70. The quantitative estimate of drug-likeness (QED) is 0.827. The minimum Gasteiger partial charge on any atom is -0.371 e. The molecule has 0 spiro atoms. The molecule has 3 rings (SSSR count). The number of piperidine rings is 1. The number of hydrogen-bond donors (Lipinski definition) is 0. The van der Waals surface area contributed by atoms with Crippen LogP contribution < -0.4 is 4.90 Å². The number of anilines is 1. The molecule has 4 heteroatoms. The maximum atomic E-state index is 3.65. The summed E-state index contributed by atoms with van der Waals surface area (Å²) in [5.74, 6) is 0. The third kappa shape index (κ3) is 3.99. The van der Waals surface area contributed by atoms with Gasteiger partial charge in [-0.25, -0.2) is 0 Å². The molecule has 21 heavy (non-hydrogen) atoms. The van der Waals surface area contributed by atoms with Crippen LogP contribution in [-0.4, -0.2) is 56.1 Å². The monoisotopic (exact) mass is 351 g/mol. The average Bonchev–Trinajstić information content (AvgIpc) is 2.52. The van der Waals surface area contributed by atoms with E-state index in [1.165, 1.54) is 74.3 Å². The molecule has 1 aromatic carbocycles. The SMILES string of the molecule is CN1CCN(Cc2ccc(Br)cc2N2CCCCC2)CC1. The zero-order valence-corrected chi connectivity index (χ0v) is 14.6. The van der Waals surface area contributed by atoms with Crippen LogP contribution in [0.5, 0.6) is 0 Å². The highest BCUT2D eigenvalue weighted by Crippen LogP contribution is 2.29. The largest absolute Gasteiger partial charge is 0.371 e. The lowest BCUT2D eigenvalue weighted by atomic mass is 10.1. The summed E-state index contributed by atoms with van der Waals surface area (Å²) in [4.78, 5) is 7.60. The minimum absolute atomic E-state index is 1.09. The Kier molecular flexibility index (Phi) is 5.19. The molecule has 2 heterocycles. The second-order valence-corrected chi connectivity index (χ2v) is 7.32. The third-order valence-electron chi connectivity index (χ3n) is 4.73. The van der Waals surface area contributed by atoms with Crippen molar-refractivity contribution in [3.05, 3.63) is 28.2 Å². The first kappa shape index (κ1) is 15.3. The molecule has 0 atom stereocenters. The molecule has 0 aliphatic carbocycles. The van der Waals surface area contributed by atoms with Gasteiger partial charge in [-0.3, -0.25) is 4.90 Å². The van der Waals surface area contributed by atoms with Gasteiger partial charge in [-0.2, -0.15) is 0 Å². The molecular formula is C17H26BrN3. The van der Waals surface area contributed by atoms with Gasteiger partial charge in [0.05, 0.1) is 0 Å². The minimum atomic E-state index is 1.09. The van der Waals surface area contributed by atoms with E-state index in [2.05, 4.69) is 55.9 Å². The first-order valence-electron chi connectivity index (χ1n) is 8.16. The van der Waals surface area contributed by atoms with Gasteiger partial charge in [0, 0.05) is 56.0 Å². The highest BCUT2D eigenvalue weighted by atomic mass is 79.9. The van der Waals surface area contributed by atoms with Crippen LogP contribution in [0.25, 0.3) is 0 Å². The second kappa shape index (κ2) is 7.12. The smallest absolute Gasteiger partial charge is 0.0423 e. The molecule has 2 fully saturated rings. The predicted molar refractivity (Wildman–Crippen MR) is 93.0 cm³/mol. The van der Waals surface area contributed by atoms with Gasteiger partial charge in [0.15, 0.2) is 0 Å². The van der Waals surface area contributed by atoms with Gasteiger partial charge in [-0.05, 0) is 44.0 Å². The normalized spacial score (nSPS) is 21.7. The van der Waals surface area contributed by atoms with E-state index in [1.807, 2.05) is 0 Å². The number of likely N-dealkylation sites (N-methyl/N-ethyl adjacent to an activating group) is 1. The molecule has 2 aliphatic heterocycles. The van der Waals surface area contributed by atoms with E-state index in [-0.39, 0.29) is 0 Å². The number of hydrogen-bond acceptors (Lipinski definition) is 3. The highest BCUT2D eigenvalue weighted by molar-refractivity contribution is 9.10. The lowest BCUT2D eigenvalue weighted by Gasteiger charge is -2.35. The van der Waals surface area contributed by atoms with Gasteiger partial charge in [0.2, 0.25) is 0 Å². The molecule has 2 saturated heterocycles. The molecule has 0 amide bonds. The van der Waals surface area contributed by atoms with Gasteiger partial charge in [-0.1, -0.05) is 22.0 Å². The standard InChI is InChI=1S/C17H26BrN3/c1-19-9-11-20(12-10-19)14-15-5-6-16(18)13-17(15)21-7-3-2-4-8-21/h5-6,13H,2-4,7-12,14H2,1H3. The lowest BCUT2D eigenvalue weighted by Crippen LogP contribution is -2.44. The summed E-state index contributed by atoms with van der Waals surface area (Å²) in [6.45, 7) is 8.27. The van der Waals surface area contributed by atoms with E-state index in [4.69, 9.17) is 0 Å². The molecule has 2 aliphatic rings. The van der Waals surface area contributed by atoms with Gasteiger partial charge in [-0.15, -0.1) is 0 Å². The van der Waals surface area contributed by atoms with Crippen molar-refractivity contribution >= 4 is 21.6 Å². The number of piperazine rings is 1. The second-order valence-electron chi connectivity index (χ2n) is 6.40. The van der Waals surface area contributed by atoms with Crippen molar-refractivity contribution in [2.75, 3.05) is 51.2 Å². The third-order valence-corrected chi connectivity index (χ3v) is 5.23. The van der Waals surface area contributed by atoms with Crippen molar-refractivity contribution < 1.29 is 0 Å². The summed E-state index contributed by atoms with van der Waals surface area (Å²) in [5.41, 5.74) is 2.94. The summed E-state index contributed by atoms with van der Waals surface area (Å²) in [7, 11) is 2.22. The maximum absolute atomic E-state index is 3.65. The van der Waals surface area contributed by atoms with Crippen molar-refractivity contribution in [3.63, 3.8) is 0 Å². The number of nitrogens with zero attached hydrogens (tertiary/aromatic N) is 3. The molecule has 0 saturated carbocycles. The summed E-state index contributed by atoms with van der Waals surface area (Å²) < 4.78 is 1.20. The lowest BCUT2D eigenvalue weighted by molar-refractivity contribution is 0.148. The van der Waals surface area contributed by atoms with E-state index in [9.17, 15) is 0 Å². The van der Waals surface area contributed by atoms with Crippen molar-refractivity contribution in [2.24, 2.45) is 0 Å². The van der Waals surface area contributed by atoms with Crippen molar-refractivity contribution in [1.29, 1.82) is 0 Å². The molecular weight excluding hydrogens is 326 g/mol. The molecule has 3 nitrogen and oxygen atoms in total. The first-order chi connectivity index (χ1) is 10.2. The van der Waals surface area contributed by atoms with Crippen molar-refractivity contribution in [1.82, 2.24) is 9.80 Å². The topological polar surface area (TPSA) is 9.72 Å². The zero-order valence-electron chi connectivity index (χ0n) is 13.0. The Morgan fingerprint density at radius 3 is 2.38 bits per heavy atom. The molecule has 0 bridgehead atoms. The fraction of sp³-hybridized carbons (Fsp3) is 0.647. The van der Waals surface area contributed by atoms with E-state index < -0.39 is 0 Å². The van der Waals surface area contributed by atoms with Gasteiger partial charge >= 0.3 is 0 Å². The molecule has 116 valence electrons. The summed E-state index contributed by atoms with van der Waals surface area (Å²) in [5, 5.41) is 0. The van der Waals surface area contributed by atoms with Crippen LogP contribution in [0.1, 0.15) is 24.8 Å². The Morgan fingerprint density at radius 2 is 1.67 bits per heavy atom. The Morgan fingerprint density at radius 1 is 0.952 bits per heavy atom. The van der Waals surface area contributed by atoms with Crippen molar-refractivity contribution in [2.45, 2.75) is 25.8 Å². The summed E-state index contributed by atoms with van der Waals surface area (Å²) >= 11 is 3.65. The Labute approximate surface area is 137 Å². The molecule has 0 radical (unpaired) electrons. The van der Waals surface area contributed by atoms with Crippen LogP contribution in [0.3, 0.4) is 0 Å². The zero-order chi connectivity index (χ0) is 14.7. The van der Waals surface area contributed by atoms with E-state index in [1.54, 1.807) is 0 Å². The first-order valence-corrected chi connectivity index (χ1v) is 8.96. The number of benzene rings is 1. The van der Waals surface area contributed by atoms with E-state index in [0.717, 1.165) is 6.54 Å². The predicted octanol–water partition coefficient (Wildman–Crippen LogP) is 3.19. The van der Waals surface area contributed by atoms with Crippen LogP contribution in [0.4, 0.5) is 5.69 Å². The van der Waals surface area contributed by atoms with E-state index >= 15 is 0 Å². The number of halogens is 1.